The molecule has 6 heteroatoms. The van der Waals surface area contributed by atoms with Gasteiger partial charge in [-0.05, 0) is 111 Å². The summed E-state index contributed by atoms with van der Waals surface area (Å²) < 4.78 is 5.87. The third-order valence-corrected chi connectivity index (χ3v) is 11.6. The third-order valence-electron chi connectivity index (χ3n) is 11.6. The largest absolute Gasteiger partial charge is 0.478 e. The molecule has 0 radical (unpaired) electrons. The number of carbonyl (C=O) groups excluding carboxylic acids is 1. The molecule has 0 aromatic carbocycles. The highest BCUT2D eigenvalue weighted by Crippen LogP contribution is 2.74. The molecule has 0 aromatic rings. The zero-order valence-corrected chi connectivity index (χ0v) is 23.8. The first-order valence-corrected chi connectivity index (χ1v) is 14.3. The molecule has 4 fully saturated rings. The van der Waals surface area contributed by atoms with Crippen molar-refractivity contribution in [2.75, 3.05) is 0 Å². The summed E-state index contributed by atoms with van der Waals surface area (Å²) in [4.78, 5) is 24.8. The minimum Gasteiger partial charge on any atom is -0.478 e. The summed E-state index contributed by atoms with van der Waals surface area (Å²) >= 11 is 0. The summed E-state index contributed by atoms with van der Waals surface area (Å²) in [6.07, 6.45) is 6.22. The standard InChI is InChI=1S/C31H48O6/c1-17(2)9-8-10-20(28(35)36)26-22-15-24(34)27-29(5)13-12-23(33)18(3)21(29)11-14-30(27,6)31(22,7)16-25(26)37-19(4)32/h9,18,21-25,27,33-34H,8,10-16H2,1-7H3,(H,35,36)/b26-20-/t18-,21-,22-,23?,24+,25-,27-,29-,30-,31-/m0/s1. The lowest BCUT2D eigenvalue weighted by molar-refractivity contribution is -0.234. The third kappa shape index (κ3) is 4.40. The van der Waals surface area contributed by atoms with Crippen molar-refractivity contribution in [1.82, 2.24) is 0 Å². The van der Waals surface area contributed by atoms with Crippen molar-refractivity contribution in [3.8, 4) is 0 Å². The van der Waals surface area contributed by atoms with E-state index in [-0.39, 0.29) is 40.1 Å². The minimum absolute atomic E-state index is 0.0474. The molecule has 4 aliphatic carbocycles. The van der Waals surface area contributed by atoms with Crippen molar-refractivity contribution >= 4 is 11.9 Å². The van der Waals surface area contributed by atoms with Crippen LogP contribution in [0.15, 0.2) is 22.8 Å². The topological polar surface area (TPSA) is 104 Å². The van der Waals surface area contributed by atoms with Crippen LogP contribution in [0.4, 0.5) is 0 Å². The maximum atomic E-state index is 12.6. The van der Waals surface area contributed by atoms with Crippen molar-refractivity contribution in [1.29, 1.82) is 0 Å². The van der Waals surface area contributed by atoms with Crippen molar-refractivity contribution in [3.63, 3.8) is 0 Å². The minimum atomic E-state index is -0.953. The molecule has 0 bridgehead atoms. The van der Waals surface area contributed by atoms with E-state index in [1.54, 1.807) is 0 Å². The summed E-state index contributed by atoms with van der Waals surface area (Å²) in [6.45, 7) is 14.5. The van der Waals surface area contributed by atoms with Crippen LogP contribution in [-0.2, 0) is 14.3 Å². The molecule has 10 atom stereocenters. The van der Waals surface area contributed by atoms with Gasteiger partial charge in [0, 0.05) is 12.5 Å². The Morgan fingerprint density at radius 2 is 1.70 bits per heavy atom. The maximum Gasteiger partial charge on any atom is 0.331 e. The van der Waals surface area contributed by atoms with Crippen LogP contribution in [0.3, 0.4) is 0 Å². The first-order chi connectivity index (χ1) is 17.2. The SMILES string of the molecule is CC(=O)O[C@H]1C[C@@]2(C)[C@@H](C[C@@H](O)[C@H]3[C@@]4(C)CCC(O)[C@@H](C)[C@@H]4CC[C@@]32C)/C1=C(\CCC=C(C)C)C(=O)O. The highest BCUT2D eigenvalue weighted by molar-refractivity contribution is 5.88. The highest BCUT2D eigenvalue weighted by atomic mass is 16.5. The van der Waals surface area contributed by atoms with Gasteiger partial charge in [-0.3, -0.25) is 4.79 Å². The predicted octanol–water partition coefficient (Wildman–Crippen LogP) is 5.67. The van der Waals surface area contributed by atoms with Crippen molar-refractivity contribution in [2.24, 2.45) is 39.9 Å². The molecule has 1 unspecified atom stereocenters. The van der Waals surface area contributed by atoms with Crippen LogP contribution in [0.2, 0.25) is 0 Å². The fourth-order valence-corrected chi connectivity index (χ4v) is 9.79. The number of ether oxygens (including phenoxy) is 1. The predicted molar refractivity (Wildman–Crippen MR) is 143 cm³/mol. The van der Waals surface area contributed by atoms with Gasteiger partial charge in [-0.1, -0.05) is 39.3 Å². The van der Waals surface area contributed by atoms with Gasteiger partial charge in [-0.2, -0.15) is 0 Å². The molecule has 0 amide bonds. The number of hydrogen-bond donors (Lipinski definition) is 3. The van der Waals surface area contributed by atoms with Crippen molar-refractivity contribution < 1.29 is 29.6 Å². The number of aliphatic hydroxyl groups excluding tert-OH is 2. The Kier molecular flexibility index (Phi) is 7.53. The Morgan fingerprint density at radius 3 is 2.30 bits per heavy atom. The first-order valence-electron chi connectivity index (χ1n) is 14.3. The number of hydrogen-bond acceptors (Lipinski definition) is 5. The van der Waals surface area contributed by atoms with Gasteiger partial charge in [-0.25, -0.2) is 4.79 Å². The second kappa shape index (κ2) is 9.82. The molecule has 6 nitrogen and oxygen atoms in total. The monoisotopic (exact) mass is 516 g/mol. The zero-order chi connectivity index (χ0) is 27.5. The van der Waals surface area contributed by atoms with E-state index in [1.165, 1.54) is 6.92 Å². The smallest absolute Gasteiger partial charge is 0.331 e. The molecule has 0 heterocycles. The average molecular weight is 517 g/mol. The summed E-state index contributed by atoms with van der Waals surface area (Å²) in [5.74, 6) is -0.909. The van der Waals surface area contributed by atoms with Crippen LogP contribution in [-0.4, -0.2) is 45.6 Å². The number of allylic oxidation sites excluding steroid dienone is 2. The zero-order valence-electron chi connectivity index (χ0n) is 23.8. The Labute approximate surface area is 222 Å². The van der Waals surface area contributed by atoms with Crippen LogP contribution in [0.5, 0.6) is 0 Å². The second-order valence-corrected chi connectivity index (χ2v) is 13.6. The van der Waals surface area contributed by atoms with Gasteiger partial charge in [0.1, 0.15) is 6.10 Å². The van der Waals surface area contributed by atoms with E-state index in [4.69, 9.17) is 4.74 Å². The number of carboxylic acids is 1. The Hall–Kier alpha value is -1.66. The van der Waals surface area contributed by atoms with E-state index in [1.807, 2.05) is 19.9 Å². The van der Waals surface area contributed by atoms with E-state index in [0.717, 1.165) is 36.8 Å². The van der Waals surface area contributed by atoms with Gasteiger partial charge in [-0.15, -0.1) is 0 Å². The number of aliphatic carboxylic acids is 1. The van der Waals surface area contributed by atoms with Gasteiger partial charge in [0.2, 0.25) is 0 Å². The van der Waals surface area contributed by atoms with Gasteiger partial charge in [0.05, 0.1) is 12.2 Å². The second-order valence-electron chi connectivity index (χ2n) is 13.6. The lowest BCUT2D eigenvalue weighted by Gasteiger charge is -2.69. The molecule has 0 aromatic heterocycles. The van der Waals surface area contributed by atoms with E-state index >= 15 is 0 Å². The van der Waals surface area contributed by atoms with E-state index < -0.39 is 24.1 Å². The van der Waals surface area contributed by atoms with E-state index in [9.17, 15) is 24.9 Å². The van der Waals surface area contributed by atoms with Crippen molar-refractivity contribution in [3.05, 3.63) is 22.8 Å². The summed E-state index contributed by atoms with van der Waals surface area (Å²) in [5.41, 5.74) is 1.57. The highest BCUT2D eigenvalue weighted by Gasteiger charge is 2.70. The van der Waals surface area contributed by atoms with Crippen LogP contribution < -0.4 is 0 Å². The molecular formula is C31H48O6. The number of carbonyl (C=O) groups is 2. The summed E-state index contributed by atoms with van der Waals surface area (Å²) in [6, 6.07) is 0. The first kappa shape index (κ1) is 28.4. The van der Waals surface area contributed by atoms with Crippen molar-refractivity contribution in [2.45, 2.75) is 118 Å². The quantitative estimate of drug-likeness (QED) is 0.247. The molecule has 3 N–H and O–H groups in total. The molecule has 0 spiro atoms. The molecular weight excluding hydrogens is 468 g/mol. The molecule has 208 valence electrons. The number of esters is 1. The molecule has 4 saturated carbocycles. The molecule has 4 aliphatic rings. The van der Waals surface area contributed by atoms with Crippen LogP contribution in [0.25, 0.3) is 0 Å². The van der Waals surface area contributed by atoms with Crippen LogP contribution in [0.1, 0.15) is 99.8 Å². The number of fused-ring (bicyclic) bond motifs is 5. The molecule has 4 rings (SSSR count). The lowest BCUT2D eigenvalue weighted by atomic mass is 9.36. The normalized spacial score (nSPS) is 46.2. The fourth-order valence-electron chi connectivity index (χ4n) is 9.79. The fraction of sp³-hybridized carbons (Fsp3) is 0.806. The number of carboxylic acid groups (broad SMARTS) is 1. The average Bonchev–Trinajstić information content (AvgIpc) is 3.05. The van der Waals surface area contributed by atoms with E-state index in [2.05, 4.69) is 27.7 Å². The Morgan fingerprint density at radius 1 is 1.03 bits per heavy atom. The molecule has 37 heavy (non-hydrogen) atoms. The summed E-state index contributed by atoms with van der Waals surface area (Å²) in [7, 11) is 0. The Balaban J connectivity index is 1.82. The van der Waals surface area contributed by atoms with Gasteiger partial charge < -0.3 is 20.1 Å². The van der Waals surface area contributed by atoms with Gasteiger partial charge >= 0.3 is 11.9 Å². The van der Waals surface area contributed by atoms with Gasteiger partial charge in [0.25, 0.3) is 0 Å². The molecule has 0 aliphatic heterocycles. The van der Waals surface area contributed by atoms with E-state index in [0.29, 0.717) is 37.2 Å². The number of rotatable bonds is 5. The number of aliphatic hydroxyl groups is 2. The lowest BCUT2D eigenvalue weighted by Crippen LogP contribution is -2.65. The Bertz CT molecular complexity index is 994. The van der Waals surface area contributed by atoms with Crippen LogP contribution in [0, 0.1) is 39.9 Å². The molecule has 0 saturated heterocycles. The maximum absolute atomic E-state index is 12.6. The van der Waals surface area contributed by atoms with Gasteiger partial charge in [0.15, 0.2) is 0 Å². The van der Waals surface area contributed by atoms with Crippen LogP contribution >= 0.6 is 0 Å². The summed E-state index contributed by atoms with van der Waals surface area (Å²) in [5, 5.41) is 32.9.